The van der Waals surface area contributed by atoms with Crippen molar-refractivity contribution in [3.05, 3.63) is 51.6 Å². The zero-order valence-corrected chi connectivity index (χ0v) is 21.2. The first-order valence-electron chi connectivity index (χ1n) is 11.1. The molecule has 1 saturated heterocycles. The highest BCUT2D eigenvalue weighted by atomic mass is 127. The van der Waals surface area contributed by atoms with E-state index in [1.807, 2.05) is 22.6 Å². The number of nitrogens with one attached hydrogen (secondary N) is 1. The SMILES string of the molecule is FC(F)(F)c1ccc(I)cn1.O=C(O)N[C@H]1CC[C@H](N2CCN(c3ccc(C(F)(F)F)nc3)C2=O)CC1. The Kier molecular flexibility index (Phi) is 9.07. The van der Waals surface area contributed by atoms with E-state index >= 15 is 0 Å². The van der Waals surface area contributed by atoms with Gasteiger partial charge in [-0.1, -0.05) is 0 Å². The Balaban J connectivity index is 0.000000289. The summed E-state index contributed by atoms with van der Waals surface area (Å²) in [6.45, 7) is 0.876. The summed E-state index contributed by atoms with van der Waals surface area (Å²) in [6, 6.07) is 4.12. The molecule has 37 heavy (non-hydrogen) atoms. The number of carbonyl (C=O) groups is 2. The number of aromatic nitrogens is 2. The van der Waals surface area contributed by atoms with Crippen LogP contribution in [0.3, 0.4) is 0 Å². The van der Waals surface area contributed by atoms with Gasteiger partial charge in [0.2, 0.25) is 0 Å². The second kappa shape index (κ2) is 11.7. The largest absolute Gasteiger partial charge is 0.465 e. The van der Waals surface area contributed by atoms with Crippen LogP contribution in [0.2, 0.25) is 0 Å². The number of nitrogens with zero attached hydrogens (tertiary/aromatic N) is 4. The molecule has 0 atom stereocenters. The van der Waals surface area contributed by atoms with E-state index in [1.54, 1.807) is 4.90 Å². The van der Waals surface area contributed by atoms with E-state index in [9.17, 15) is 35.9 Å². The molecular formula is C22H22F6IN5O3. The van der Waals surface area contributed by atoms with E-state index in [0.29, 0.717) is 48.0 Å². The Morgan fingerprint density at radius 1 is 0.919 bits per heavy atom. The Labute approximate surface area is 221 Å². The van der Waals surface area contributed by atoms with Crippen molar-refractivity contribution in [2.24, 2.45) is 0 Å². The molecule has 2 N–H and O–H groups in total. The Morgan fingerprint density at radius 3 is 1.95 bits per heavy atom. The van der Waals surface area contributed by atoms with Crippen LogP contribution < -0.4 is 10.2 Å². The zero-order chi connectivity index (χ0) is 27.4. The number of hydrogen-bond donors (Lipinski definition) is 2. The molecule has 15 heteroatoms. The number of hydrogen-bond acceptors (Lipinski definition) is 4. The van der Waals surface area contributed by atoms with Crippen LogP contribution in [0.4, 0.5) is 41.6 Å². The highest BCUT2D eigenvalue weighted by Crippen LogP contribution is 2.31. The molecule has 8 nitrogen and oxygen atoms in total. The average Bonchev–Trinajstić information content (AvgIpc) is 3.20. The summed E-state index contributed by atoms with van der Waals surface area (Å²) in [7, 11) is 0. The van der Waals surface area contributed by atoms with Crippen LogP contribution in [0.5, 0.6) is 0 Å². The minimum atomic E-state index is -4.51. The van der Waals surface area contributed by atoms with Crippen molar-refractivity contribution in [3.63, 3.8) is 0 Å². The lowest BCUT2D eigenvalue weighted by molar-refractivity contribution is -0.141. The number of carboxylic acid groups (broad SMARTS) is 1. The standard InChI is InChI=1S/C16H19F3N4O3.C6H3F3IN/c17-16(18,19)13-6-5-12(9-20-13)23-8-7-22(15(23)26)11-3-1-10(2-4-11)21-14(24)25;7-6(8,9)5-2-1-4(10)3-11-5/h5-6,9-11,21H,1-4,7-8H2,(H,24,25);1-3H/t10-,11-;. The van der Waals surface area contributed by atoms with E-state index in [0.717, 1.165) is 18.3 Å². The van der Waals surface area contributed by atoms with Crippen molar-refractivity contribution in [1.82, 2.24) is 20.2 Å². The van der Waals surface area contributed by atoms with E-state index in [1.165, 1.54) is 23.2 Å². The molecule has 0 aromatic carbocycles. The second-order valence-electron chi connectivity index (χ2n) is 8.34. The van der Waals surface area contributed by atoms with Gasteiger partial charge in [-0.2, -0.15) is 26.3 Å². The van der Waals surface area contributed by atoms with E-state index < -0.39 is 29.8 Å². The van der Waals surface area contributed by atoms with Gasteiger partial charge in [0.1, 0.15) is 11.4 Å². The van der Waals surface area contributed by atoms with E-state index in [2.05, 4.69) is 15.3 Å². The molecule has 2 fully saturated rings. The number of alkyl halides is 6. The molecule has 2 aliphatic rings. The van der Waals surface area contributed by atoms with Crippen molar-refractivity contribution in [1.29, 1.82) is 0 Å². The quantitative estimate of drug-likeness (QED) is 0.334. The van der Waals surface area contributed by atoms with Crippen molar-refractivity contribution < 1.29 is 41.0 Å². The Bertz CT molecular complexity index is 1070. The predicted octanol–water partition coefficient (Wildman–Crippen LogP) is 5.63. The van der Waals surface area contributed by atoms with Gasteiger partial charge in [0.15, 0.2) is 0 Å². The highest BCUT2D eigenvalue weighted by Gasteiger charge is 2.37. The summed E-state index contributed by atoms with van der Waals surface area (Å²) in [4.78, 5) is 33.1. The fourth-order valence-electron chi connectivity index (χ4n) is 4.10. The summed E-state index contributed by atoms with van der Waals surface area (Å²) in [5.74, 6) is 0. The number of anilines is 1. The van der Waals surface area contributed by atoms with Crippen LogP contribution in [0.1, 0.15) is 37.1 Å². The van der Waals surface area contributed by atoms with Crippen molar-refractivity contribution in [2.75, 3.05) is 18.0 Å². The summed E-state index contributed by atoms with van der Waals surface area (Å²) < 4.78 is 74.0. The molecule has 0 bridgehead atoms. The first-order chi connectivity index (χ1) is 17.3. The molecule has 4 rings (SSSR count). The molecular weight excluding hydrogens is 623 g/mol. The Hall–Kier alpha value is -2.85. The van der Waals surface area contributed by atoms with Gasteiger partial charge in [-0.25, -0.2) is 14.6 Å². The summed E-state index contributed by atoms with van der Waals surface area (Å²) in [6.07, 6.45) is -4.95. The molecule has 0 radical (unpaired) electrons. The average molecular weight is 645 g/mol. The summed E-state index contributed by atoms with van der Waals surface area (Å²) >= 11 is 1.89. The lowest BCUT2D eigenvalue weighted by Gasteiger charge is -2.34. The molecule has 202 valence electrons. The molecule has 3 heterocycles. The summed E-state index contributed by atoms with van der Waals surface area (Å²) in [5, 5.41) is 11.2. The van der Waals surface area contributed by atoms with Crippen LogP contribution in [-0.4, -0.2) is 57.3 Å². The first kappa shape index (κ1) is 28.7. The summed E-state index contributed by atoms with van der Waals surface area (Å²) in [5.41, 5.74) is -1.50. The first-order valence-corrected chi connectivity index (χ1v) is 12.1. The van der Waals surface area contributed by atoms with Gasteiger partial charge in [0.25, 0.3) is 0 Å². The third-order valence-electron chi connectivity index (χ3n) is 5.87. The molecule has 1 aliphatic heterocycles. The molecule has 2 aromatic heterocycles. The third kappa shape index (κ3) is 7.82. The Morgan fingerprint density at radius 2 is 1.49 bits per heavy atom. The molecule has 1 saturated carbocycles. The van der Waals surface area contributed by atoms with Crippen LogP contribution in [-0.2, 0) is 12.4 Å². The molecule has 1 aliphatic carbocycles. The lowest BCUT2D eigenvalue weighted by Crippen LogP contribution is -2.45. The number of pyridine rings is 2. The molecule has 0 unspecified atom stereocenters. The van der Waals surface area contributed by atoms with Crippen LogP contribution in [0.15, 0.2) is 36.7 Å². The molecule has 0 spiro atoms. The van der Waals surface area contributed by atoms with Crippen LogP contribution in [0.25, 0.3) is 0 Å². The van der Waals surface area contributed by atoms with Gasteiger partial charge in [0.05, 0.1) is 11.9 Å². The highest BCUT2D eigenvalue weighted by molar-refractivity contribution is 14.1. The normalized spacial score (nSPS) is 20.4. The van der Waals surface area contributed by atoms with Crippen LogP contribution >= 0.6 is 22.6 Å². The van der Waals surface area contributed by atoms with E-state index in [-0.39, 0.29) is 18.1 Å². The zero-order valence-electron chi connectivity index (χ0n) is 19.1. The number of carbonyl (C=O) groups excluding carboxylic acids is 1. The minimum Gasteiger partial charge on any atom is -0.465 e. The van der Waals surface area contributed by atoms with Crippen LogP contribution in [0, 0.1) is 3.57 Å². The third-order valence-corrected chi connectivity index (χ3v) is 6.51. The molecule has 2 aromatic rings. The number of rotatable bonds is 3. The van der Waals surface area contributed by atoms with E-state index in [4.69, 9.17) is 5.11 Å². The lowest BCUT2D eigenvalue weighted by atomic mass is 9.90. The van der Waals surface area contributed by atoms with Gasteiger partial charge in [-0.3, -0.25) is 9.88 Å². The molecule has 3 amide bonds. The maximum Gasteiger partial charge on any atom is 0.433 e. The smallest absolute Gasteiger partial charge is 0.433 e. The second-order valence-corrected chi connectivity index (χ2v) is 9.59. The predicted molar refractivity (Wildman–Crippen MR) is 128 cm³/mol. The number of amides is 3. The van der Waals surface area contributed by atoms with Gasteiger partial charge < -0.3 is 15.3 Å². The topological polar surface area (TPSA) is 98.7 Å². The minimum absolute atomic E-state index is 0.0155. The van der Waals surface area contributed by atoms with Gasteiger partial charge in [0, 0.05) is 34.9 Å². The monoisotopic (exact) mass is 645 g/mol. The van der Waals surface area contributed by atoms with Crippen molar-refractivity contribution >= 4 is 40.4 Å². The fourth-order valence-corrected chi connectivity index (χ4v) is 4.41. The maximum absolute atomic E-state index is 12.6. The van der Waals surface area contributed by atoms with Crippen molar-refractivity contribution in [2.45, 2.75) is 50.1 Å². The maximum atomic E-state index is 12.6. The van der Waals surface area contributed by atoms with Gasteiger partial charge in [-0.05, 0) is 72.5 Å². The number of urea groups is 1. The number of halogens is 7. The van der Waals surface area contributed by atoms with Gasteiger partial charge in [-0.15, -0.1) is 0 Å². The van der Waals surface area contributed by atoms with Crippen molar-refractivity contribution in [3.8, 4) is 0 Å². The fraction of sp³-hybridized carbons (Fsp3) is 0.455. The van der Waals surface area contributed by atoms with Gasteiger partial charge >= 0.3 is 24.5 Å².